The molecule has 1 amide bonds. The molecule has 126 valence electrons. The van der Waals surface area contributed by atoms with Gasteiger partial charge in [0.2, 0.25) is 0 Å². The van der Waals surface area contributed by atoms with Crippen LogP contribution in [0.2, 0.25) is 0 Å². The molecule has 0 unspecified atom stereocenters. The molecule has 2 N–H and O–H groups in total. The van der Waals surface area contributed by atoms with E-state index in [0.29, 0.717) is 5.69 Å². The van der Waals surface area contributed by atoms with E-state index in [9.17, 15) is 18.0 Å². The van der Waals surface area contributed by atoms with Gasteiger partial charge in [-0.15, -0.1) is 24.8 Å². The third kappa shape index (κ3) is 5.86. The smallest absolute Gasteiger partial charge is 0.397 e. The number of hydrogen-bond acceptors (Lipinski definition) is 4. The van der Waals surface area contributed by atoms with Gasteiger partial charge in [0, 0.05) is 26.2 Å². The number of carbonyl (C=O) groups is 1. The first kappa shape index (κ1) is 20.8. The third-order valence-electron chi connectivity index (χ3n) is 3.07. The van der Waals surface area contributed by atoms with E-state index in [1.165, 1.54) is 22.1 Å². The van der Waals surface area contributed by atoms with Crippen LogP contribution in [-0.4, -0.2) is 59.6 Å². The van der Waals surface area contributed by atoms with Crippen molar-refractivity contribution in [2.45, 2.75) is 6.18 Å². The lowest BCUT2D eigenvalue weighted by molar-refractivity contribution is -0.148. The van der Waals surface area contributed by atoms with Crippen LogP contribution in [0.3, 0.4) is 0 Å². The van der Waals surface area contributed by atoms with E-state index in [0.717, 1.165) is 0 Å². The molecule has 5 nitrogen and oxygen atoms in total. The van der Waals surface area contributed by atoms with Crippen molar-refractivity contribution in [3.05, 3.63) is 24.0 Å². The Bertz CT molecular complexity index is 476. The van der Waals surface area contributed by atoms with Gasteiger partial charge in [-0.05, 0) is 12.1 Å². The molecule has 1 fully saturated rings. The minimum absolute atomic E-state index is 0. The zero-order valence-corrected chi connectivity index (χ0v) is 13.2. The summed E-state index contributed by atoms with van der Waals surface area (Å²) in [5.74, 6) is -0.281. The number of piperazine rings is 1. The van der Waals surface area contributed by atoms with Crippen molar-refractivity contribution in [1.29, 1.82) is 0 Å². The van der Waals surface area contributed by atoms with E-state index in [1.807, 2.05) is 0 Å². The fourth-order valence-corrected chi connectivity index (χ4v) is 2.06. The highest BCUT2D eigenvalue weighted by Crippen LogP contribution is 2.18. The topological polar surface area (TPSA) is 62.5 Å². The molecule has 1 aromatic heterocycles. The lowest BCUT2D eigenvalue weighted by Gasteiger charge is -2.34. The van der Waals surface area contributed by atoms with Gasteiger partial charge in [-0.25, -0.2) is 4.98 Å². The van der Waals surface area contributed by atoms with E-state index in [2.05, 4.69) is 4.98 Å². The van der Waals surface area contributed by atoms with Crippen molar-refractivity contribution >= 4 is 36.4 Å². The van der Waals surface area contributed by atoms with Crippen LogP contribution < -0.4 is 5.73 Å². The van der Waals surface area contributed by atoms with Gasteiger partial charge >= 0.3 is 6.18 Å². The molecule has 2 rings (SSSR count). The van der Waals surface area contributed by atoms with Crippen molar-refractivity contribution in [2.24, 2.45) is 0 Å². The van der Waals surface area contributed by atoms with E-state index in [-0.39, 0.29) is 62.6 Å². The molecule has 0 aromatic carbocycles. The Kier molecular flexibility index (Phi) is 7.92. The van der Waals surface area contributed by atoms with E-state index >= 15 is 0 Å². The van der Waals surface area contributed by atoms with Crippen molar-refractivity contribution in [3.8, 4) is 0 Å². The van der Waals surface area contributed by atoms with Crippen LogP contribution >= 0.6 is 24.8 Å². The lowest BCUT2D eigenvalue weighted by atomic mass is 10.2. The molecule has 1 aliphatic heterocycles. The quantitative estimate of drug-likeness (QED) is 0.873. The summed E-state index contributed by atoms with van der Waals surface area (Å²) in [6.07, 6.45) is -2.82. The normalized spacial score (nSPS) is 15.7. The van der Waals surface area contributed by atoms with Gasteiger partial charge < -0.3 is 10.6 Å². The number of amides is 1. The first-order valence-corrected chi connectivity index (χ1v) is 6.15. The number of anilines is 1. The Morgan fingerprint density at radius 1 is 1.18 bits per heavy atom. The second-order valence-electron chi connectivity index (χ2n) is 4.66. The maximum atomic E-state index is 12.3. The molecule has 0 spiro atoms. The maximum Gasteiger partial charge on any atom is 0.401 e. The van der Waals surface area contributed by atoms with Crippen LogP contribution in [-0.2, 0) is 0 Å². The summed E-state index contributed by atoms with van der Waals surface area (Å²) in [6, 6.07) is 3.08. The molecule has 1 aromatic rings. The Labute approximate surface area is 138 Å². The van der Waals surface area contributed by atoms with Crippen LogP contribution in [0.1, 0.15) is 10.5 Å². The predicted octanol–water partition coefficient (Wildman–Crippen LogP) is 1.83. The molecular formula is C12H17Cl2F3N4O. The molecule has 0 aliphatic carbocycles. The van der Waals surface area contributed by atoms with Crippen LogP contribution in [0.25, 0.3) is 0 Å². The Balaban J connectivity index is 0.00000220. The molecule has 1 aliphatic rings. The number of rotatable bonds is 2. The molecule has 22 heavy (non-hydrogen) atoms. The Hall–Kier alpha value is -1.25. The number of nitrogens with two attached hydrogens (primary N) is 1. The minimum atomic E-state index is -4.20. The van der Waals surface area contributed by atoms with E-state index < -0.39 is 12.7 Å². The second-order valence-corrected chi connectivity index (χ2v) is 4.66. The molecule has 1 saturated heterocycles. The molecule has 10 heteroatoms. The van der Waals surface area contributed by atoms with Gasteiger partial charge in [0.15, 0.2) is 0 Å². The van der Waals surface area contributed by atoms with Crippen molar-refractivity contribution in [1.82, 2.24) is 14.8 Å². The van der Waals surface area contributed by atoms with Crippen LogP contribution in [0.4, 0.5) is 18.9 Å². The van der Waals surface area contributed by atoms with Crippen LogP contribution in [0.15, 0.2) is 18.3 Å². The first-order chi connectivity index (χ1) is 9.35. The summed E-state index contributed by atoms with van der Waals surface area (Å²) in [7, 11) is 0. The van der Waals surface area contributed by atoms with Gasteiger partial charge in [-0.3, -0.25) is 9.69 Å². The third-order valence-corrected chi connectivity index (χ3v) is 3.07. The van der Waals surface area contributed by atoms with Crippen LogP contribution in [0, 0.1) is 0 Å². The Morgan fingerprint density at radius 3 is 2.23 bits per heavy atom. The summed E-state index contributed by atoms with van der Waals surface area (Å²) in [5, 5.41) is 0. The average molecular weight is 361 g/mol. The van der Waals surface area contributed by atoms with Gasteiger partial charge in [-0.1, -0.05) is 0 Å². The highest BCUT2D eigenvalue weighted by Gasteiger charge is 2.33. The molecule has 0 atom stereocenters. The van der Waals surface area contributed by atoms with Gasteiger partial charge in [0.05, 0.1) is 18.4 Å². The zero-order chi connectivity index (χ0) is 14.8. The van der Waals surface area contributed by atoms with Gasteiger partial charge in [0.1, 0.15) is 5.69 Å². The maximum absolute atomic E-state index is 12.3. The van der Waals surface area contributed by atoms with Crippen LogP contribution in [0.5, 0.6) is 0 Å². The summed E-state index contributed by atoms with van der Waals surface area (Å²) >= 11 is 0. The summed E-state index contributed by atoms with van der Waals surface area (Å²) in [4.78, 5) is 18.8. The number of aromatic nitrogens is 1. The second kappa shape index (κ2) is 8.40. The standard InChI is InChI=1S/C12H15F3N4O.2ClH/c13-12(14,15)8-18-3-5-19(6-4-18)11(20)10-2-1-9(16)7-17-10;;/h1-2,7H,3-6,8,16H2;2*1H. The number of nitrogens with zero attached hydrogens (tertiary/aromatic N) is 3. The Morgan fingerprint density at radius 2 is 1.77 bits per heavy atom. The van der Waals surface area contributed by atoms with Gasteiger partial charge in [-0.2, -0.15) is 13.2 Å². The molecule has 0 saturated carbocycles. The molecule has 0 bridgehead atoms. The monoisotopic (exact) mass is 360 g/mol. The number of alkyl halides is 3. The SMILES string of the molecule is Cl.Cl.Nc1ccc(C(=O)N2CCN(CC(F)(F)F)CC2)nc1. The predicted molar refractivity (Wildman–Crippen MR) is 81.5 cm³/mol. The van der Waals surface area contributed by atoms with Gasteiger partial charge in [0.25, 0.3) is 5.91 Å². The molecule has 0 radical (unpaired) electrons. The number of nitrogen functional groups attached to an aromatic ring is 1. The first-order valence-electron chi connectivity index (χ1n) is 6.15. The minimum Gasteiger partial charge on any atom is -0.397 e. The van der Waals surface area contributed by atoms with Crippen molar-refractivity contribution in [2.75, 3.05) is 38.5 Å². The lowest BCUT2D eigenvalue weighted by Crippen LogP contribution is -2.51. The largest absolute Gasteiger partial charge is 0.401 e. The van der Waals surface area contributed by atoms with E-state index in [4.69, 9.17) is 5.73 Å². The van der Waals surface area contributed by atoms with E-state index in [1.54, 1.807) is 6.07 Å². The number of carbonyl (C=O) groups excluding carboxylic acids is 1. The average Bonchev–Trinajstić information content (AvgIpc) is 2.38. The highest BCUT2D eigenvalue weighted by atomic mass is 35.5. The molecular weight excluding hydrogens is 344 g/mol. The number of hydrogen-bond donors (Lipinski definition) is 1. The zero-order valence-electron chi connectivity index (χ0n) is 11.5. The summed E-state index contributed by atoms with van der Waals surface area (Å²) in [5.41, 5.74) is 6.19. The molecule has 2 heterocycles. The van der Waals surface area contributed by atoms with Crippen molar-refractivity contribution < 1.29 is 18.0 Å². The fraction of sp³-hybridized carbons (Fsp3) is 0.500. The highest BCUT2D eigenvalue weighted by molar-refractivity contribution is 5.92. The van der Waals surface area contributed by atoms with Crippen molar-refractivity contribution in [3.63, 3.8) is 0 Å². The summed E-state index contributed by atoms with van der Waals surface area (Å²) in [6.45, 7) is 0.0114. The summed E-state index contributed by atoms with van der Waals surface area (Å²) < 4.78 is 36.8. The number of halogens is 5. The number of pyridine rings is 1. The fourth-order valence-electron chi connectivity index (χ4n) is 2.06.